The van der Waals surface area contributed by atoms with E-state index in [1.165, 1.54) is 24.1 Å². The van der Waals surface area contributed by atoms with Crippen molar-refractivity contribution >= 4 is 17.5 Å². The Kier molecular flexibility index (Phi) is 3.43. The van der Waals surface area contributed by atoms with E-state index in [-0.39, 0.29) is 22.0 Å². The number of carbonyl (C=O) groups is 1. The summed E-state index contributed by atoms with van der Waals surface area (Å²) < 4.78 is 0. The van der Waals surface area contributed by atoms with Crippen LogP contribution in [-0.2, 0) is 17.6 Å². The number of nitrogens with zero attached hydrogens (tertiary/aromatic N) is 2. The molecule has 0 aliphatic heterocycles. The van der Waals surface area contributed by atoms with Gasteiger partial charge in [-0.05, 0) is 61.8 Å². The molecule has 4 heteroatoms. The first kappa shape index (κ1) is 15.6. The first-order chi connectivity index (χ1) is 10.8. The topological polar surface area (TPSA) is 42.9 Å². The maximum absolute atomic E-state index is 12.9. The third-order valence-electron chi connectivity index (χ3n) is 7.07. The van der Waals surface area contributed by atoms with Crippen LogP contribution < -0.4 is 0 Å². The van der Waals surface area contributed by atoms with Gasteiger partial charge in [0.05, 0.1) is 5.25 Å². The van der Waals surface area contributed by atoms with Crippen LogP contribution in [0.5, 0.6) is 0 Å². The van der Waals surface area contributed by atoms with Crippen molar-refractivity contribution in [1.82, 2.24) is 9.97 Å². The van der Waals surface area contributed by atoms with Gasteiger partial charge in [-0.1, -0.05) is 32.5 Å². The highest BCUT2D eigenvalue weighted by Crippen LogP contribution is 2.67. The predicted molar refractivity (Wildman–Crippen MR) is 92.7 cm³/mol. The summed E-state index contributed by atoms with van der Waals surface area (Å²) in [6.07, 6.45) is 6.86. The summed E-state index contributed by atoms with van der Waals surface area (Å²) in [7, 11) is 0. The largest absolute Gasteiger partial charge is 0.298 e. The Labute approximate surface area is 143 Å². The summed E-state index contributed by atoms with van der Waals surface area (Å²) in [5, 5.41) is 0.850. The molecule has 1 aromatic rings. The van der Waals surface area contributed by atoms with Gasteiger partial charge in [0.2, 0.25) is 0 Å². The van der Waals surface area contributed by atoms with Gasteiger partial charge in [-0.15, -0.1) is 0 Å². The molecule has 2 fully saturated rings. The minimum Gasteiger partial charge on any atom is -0.298 e. The van der Waals surface area contributed by atoms with Crippen molar-refractivity contribution in [3.8, 4) is 0 Å². The van der Waals surface area contributed by atoms with Crippen LogP contribution in [0, 0.1) is 23.7 Å². The Bertz CT molecular complexity index is 684. The van der Waals surface area contributed by atoms with Gasteiger partial charge in [-0.3, -0.25) is 4.79 Å². The van der Waals surface area contributed by atoms with Crippen molar-refractivity contribution in [3.63, 3.8) is 0 Å². The van der Waals surface area contributed by atoms with Crippen molar-refractivity contribution in [1.29, 1.82) is 0 Å². The zero-order valence-corrected chi connectivity index (χ0v) is 15.4. The number of carbonyl (C=O) groups excluding carboxylic acids is 1. The van der Waals surface area contributed by atoms with Crippen LogP contribution in [0.1, 0.15) is 63.4 Å². The molecule has 1 heterocycles. The van der Waals surface area contributed by atoms with E-state index in [1.807, 2.05) is 0 Å². The van der Waals surface area contributed by atoms with Gasteiger partial charge in [-0.2, -0.15) is 0 Å². The van der Waals surface area contributed by atoms with Gasteiger partial charge in [0.1, 0.15) is 5.78 Å². The monoisotopic (exact) mass is 330 g/mol. The molecule has 3 atom stereocenters. The molecule has 1 aromatic heterocycles. The Morgan fingerprint density at radius 1 is 1.13 bits per heavy atom. The fourth-order valence-electron chi connectivity index (χ4n) is 5.09. The van der Waals surface area contributed by atoms with E-state index in [0.29, 0.717) is 5.78 Å². The summed E-state index contributed by atoms with van der Waals surface area (Å²) in [5.41, 5.74) is 3.88. The molecule has 2 saturated carbocycles. The molecule has 0 N–H and O–H groups in total. The zero-order chi connectivity index (χ0) is 16.4. The fourth-order valence-corrected chi connectivity index (χ4v) is 6.61. The zero-order valence-electron chi connectivity index (χ0n) is 14.6. The van der Waals surface area contributed by atoms with E-state index >= 15 is 0 Å². The van der Waals surface area contributed by atoms with E-state index in [9.17, 15) is 4.79 Å². The minimum absolute atomic E-state index is 0.0253. The van der Waals surface area contributed by atoms with Crippen molar-refractivity contribution in [3.05, 3.63) is 17.0 Å². The maximum Gasteiger partial charge on any atom is 0.188 e. The molecule has 0 unspecified atom stereocenters. The van der Waals surface area contributed by atoms with Crippen LogP contribution >= 0.6 is 11.8 Å². The Morgan fingerprint density at radius 2 is 1.87 bits per heavy atom. The molecular formula is C19H26N2OS. The van der Waals surface area contributed by atoms with Crippen LogP contribution in [0.15, 0.2) is 5.16 Å². The number of hydrogen-bond donors (Lipinski definition) is 0. The average Bonchev–Trinajstić information content (AvgIpc) is 2.81. The molecule has 0 radical (unpaired) electrons. The van der Waals surface area contributed by atoms with Gasteiger partial charge in [0, 0.05) is 17.3 Å². The lowest BCUT2D eigenvalue weighted by Crippen LogP contribution is -2.35. The lowest BCUT2D eigenvalue weighted by molar-refractivity contribution is -0.122. The summed E-state index contributed by atoms with van der Waals surface area (Å²) >= 11 is 1.64. The van der Waals surface area contributed by atoms with Crippen molar-refractivity contribution in [2.24, 2.45) is 16.7 Å². The first-order valence-corrected chi connectivity index (χ1v) is 9.79. The molecule has 124 valence electrons. The highest BCUT2D eigenvalue weighted by Gasteiger charge is 2.66. The fraction of sp³-hybridized carbons (Fsp3) is 0.737. The third-order valence-corrected chi connectivity index (χ3v) is 8.45. The molecule has 0 aromatic carbocycles. The van der Waals surface area contributed by atoms with Crippen LogP contribution in [0.2, 0.25) is 0 Å². The highest BCUT2D eigenvalue weighted by molar-refractivity contribution is 8.00. The maximum atomic E-state index is 12.9. The molecular weight excluding hydrogens is 304 g/mol. The second-order valence-corrected chi connectivity index (χ2v) is 9.43. The summed E-state index contributed by atoms with van der Waals surface area (Å²) in [6.45, 7) is 8.97. The smallest absolute Gasteiger partial charge is 0.188 e. The number of aryl methyl sites for hydroxylation is 2. The van der Waals surface area contributed by atoms with E-state index in [4.69, 9.17) is 9.97 Å². The number of ketones is 1. The van der Waals surface area contributed by atoms with Gasteiger partial charge >= 0.3 is 0 Å². The average molecular weight is 330 g/mol. The Balaban J connectivity index is 1.67. The second-order valence-electron chi connectivity index (χ2n) is 8.35. The molecule has 0 spiro atoms. The molecule has 23 heavy (non-hydrogen) atoms. The van der Waals surface area contributed by atoms with Gasteiger partial charge in [-0.25, -0.2) is 9.97 Å². The van der Waals surface area contributed by atoms with Crippen LogP contribution in [0.4, 0.5) is 0 Å². The van der Waals surface area contributed by atoms with Gasteiger partial charge in [0.25, 0.3) is 0 Å². The number of Topliss-reactive ketones (excluding diaryl/α,β-unsaturated/α-hetero) is 1. The SMILES string of the molecule is Cc1nc(S[C@H]2C(=O)[C@@H]3CC[C@]2(C)C3(C)C)nc2c1CCCC2. The molecule has 0 saturated heterocycles. The molecule has 2 bridgehead atoms. The van der Waals surface area contributed by atoms with Gasteiger partial charge in [0.15, 0.2) is 5.16 Å². The molecule has 4 rings (SSSR count). The molecule has 3 aliphatic carbocycles. The van der Waals surface area contributed by atoms with E-state index in [1.54, 1.807) is 11.8 Å². The Morgan fingerprint density at radius 3 is 2.57 bits per heavy atom. The molecule has 3 aliphatic rings. The van der Waals surface area contributed by atoms with Gasteiger partial charge < -0.3 is 0 Å². The van der Waals surface area contributed by atoms with Crippen molar-refractivity contribution in [2.45, 2.75) is 76.6 Å². The van der Waals surface area contributed by atoms with Crippen LogP contribution in [-0.4, -0.2) is 21.0 Å². The number of aromatic nitrogens is 2. The number of fused-ring (bicyclic) bond motifs is 3. The lowest BCUT2D eigenvalue weighted by atomic mass is 9.71. The summed E-state index contributed by atoms with van der Waals surface area (Å²) in [4.78, 5) is 22.5. The van der Waals surface area contributed by atoms with E-state index < -0.39 is 0 Å². The molecule has 0 amide bonds. The normalized spacial score (nSPS) is 34.7. The standard InChI is InChI=1S/C19H26N2OS/c1-11-12-7-5-6-8-14(12)21-17(20-11)23-16-15(22)13-9-10-19(16,4)18(13,2)3/h13,16H,5-10H2,1-4H3/t13-,16-,19-/m0/s1. The molecule has 3 nitrogen and oxygen atoms in total. The van der Waals surface area contributed by atoms with Crippen LogP contribution in [0.3, 0.4) is 0 Å². The Hall–Kier alpha value is -0.900. The first-order valence-electron chi connectivity index (χ1n) is 8.91. The van der Waals surface area contributed by atoms with E-state index in [2.05, 4.69) is 27.7 Å². The van der Waals surface area contributed by atoms with Crippen LogP contribution in [0.25, 0.3) is 0 Å². The minimum atomic E-state index is 0.0253. The highest BCUT2D eigenvalue weighted by atomic mass is 32.2. The number of hydrogen-bond acceptors (Lipinski definition) is 4. The second kappa shape index (κ2) is 5.05. The number of thioether (sulfide) groups is 1. The third kappa shape index (κ3) is 2.06. The summed E-state index contributed by atoms with van der Waals surface area (Å²) in [5.74, 6) is 0.663. The van der Waals surface area contributed by atoms with Crippen molar-refractivity contribution < 1.29 is 4.79 Å². The summed E-state index contributed by atoms with van der Waals surface area (Å²) in [6, 6.07) is 0. The number of rotatable bonds is 2. The predicted octanol–water partition coefficient (Wildman–Crippen LogP) is 4.15. The lowest BCUT2D eigenvalue weighted by Gasteiger charge is -2.37. The quantitative estimate of drug-likeness (QED) is 0.764. The van der Waals surface area contributed by atoms with Crippen molar-refractivity contribution in [2.75, 3.05) is 0 Å². The van der Waals surface area contributed by atoms with E-state index in [0.717, 1.165) is 36.5 Å².